The average Bonchev–Trinajstić information content (AvgIpc) is 2.33. The lowest BCUT2D eigenvalue weighted by molar-refractivity contribution is 0.283. The van der Waals surface area contributed by atoms with Crippen LogP contribution in [0.3, 0.4) is 0 Å². The molecule has 2 heteroatoms. The molecule has 106 valence electrons. The Hall–Kier alpha value is -0.863. The Morgan fingerprint density at radius 1 is 1.11 bits per heavy atom. The quantitative estimate of drug-likeness (QED) is 0.492. The fourth-order valence-electron chi connectivity index (χ4n) is 1.53. The van der Waals surface area contributed by atoms with E-state index in [0.29, 0.717) is 5.04 Å². The van der Waals surface area contributed by atoms with E-state index in [-0.39, 0.29) is 0 Å². The number of unbranched alkanes of at least 4 members (excludes halogenated alkanes) is 1. The second-order valence-electron chi connectivity index (χ2n) is 6.56. The van der Waals surface area contributed by atoms with Gasteiger partial charge >= 0.3 is 0 Å². The molecule has 0 saturated heterocycles. The molecule has 1 rings (SSSR count). The molecule has 1 nitrogen and oxygen atoms in total. The molecule has 0 aliphatic rings. The van der Waals surface area contributed by atoms with Crippen molar-refractivity contribution in [2.75, 3.05) is 6.61 Å². The molecular formula is C17H28OSi. The molecule has 0 aliphatic heterocycles. The first-order chi connectivity index (χ1) is 8.83. The van der Waals surface area contributed by atoms with Crippen LogP contribution in [-0.2, 0) is 4.43 Å². The van der Waals surface area contributed by atoms with Gasteiger partial charge in [0.2, 0.25) is 0 Å². The molecule has 0 amide bonds. The lowest BCUT2D eigenvalue weighted by Crippen LogP contribution is -2.40. The van der Waals surface area contributed by atoms with Crippen LogP contribution in [0.5, 0.6) is 0 Å². The summed E-state index contributed by atoms with van der Waals surface area (Å²) in [7, 11) is -1.55. The third-order valence-corrected chi connectivity index (χ3v) is 8.43. The van der Waals surface area contributed by atoms with Gasteiger partial charge in [-0.2, -0.15) is 0 Å². The zero-order valence-electron chi connectivity index (χ0n) is 13.1. The molecule has 0 atom stereocenters. The zero-order valence-corrected chi connectivity index (χ0v) is 14.1. The second kappa shape index (κ2) is 7.06. The molecule has 0 bridgehead atoms. The van der Waals surface area contributed by atoms with Crippen molar-refractivity contribution in [3.63, 3.8) is 0 Å². The maximum atomic E-state index is 6.15. The van der Waals surface area contributed by atoms with Crippen molar-refractivity contribution >= 4 is 14.4 Å². The summed E-state index contributed by atoms with van der Waals surface area (Å²) in [5.41, 5.74) is 1.27. The summed E-state index contributed by atoms with van der Waals surface area (Å²) in [4.78, 5) is 0. The van der Waals surface area contributed by atoms with Crippen LogP contribution in [0, 0.1) is 0 Å². The third kappa shape index (κ3) is 5.75. The van der Waals surface area contributed by atoms with Crippen molar-refractivity contribution in [1.82, 2.24) is 0 Å². The van der Waals surface area contributed by atoms with Gasteiger partial charge in [0.05, 0.1) is 0 Å². The summed E-state index contributed by atoms with van der Waals surface area (Å²) >= 11 is 0. The Bertz CT molecular complexity index is 387. The maximum Gasteiger partial charge on any atom is 0.191 e. The molecule has 0 aliphatic carbocycles. The van der Waals surface area contributed by atoms with Crippen molar-refractivity contribution in [3.05, 3.63) is 42.0 Å². The lowest BCUT2D eigenvalue weighted by atomic mass is 10.2. The molecule has 0 N–H and O–H groups in total. The van der Waals surface area contributed by atoms with E-state index in [1.54, 1.807) is 0 Å². The normalized spacial score (nSPS) is 13.1. The highest BCUT2D eigenvalue weighted by molar-refractivity contribution is 6.74. The van der Waals surface area contributed by atoms with Gasteiger partial charge in [0.25, 0.3) is 0 Å². The highest BCUT2D eigenvalue weighted by Gasteiger charge is 2.36. The van der Waals surface area contributed by atoms with Gasteiger partial charge in [0, 0.05) is 6.61 Å². The van der Waals surface area contributed by atoms with E-state index in [4.69, 9.17) is 4.43 Å². The van der Waals surface area contributed by atoms with Crippen LogP contribution < -0.4 is 0 Å². The number of benzene rings is 1. The topological polar surface area (TPSA) is 9.23 Å². The van der Waals surface area contributed by atoms with Gasteiger partial charge in [-0.25, -0.2) is 0 Å². The highest BCUT2D eigenvalue weighted by atomic mass is 28.4. The minimum Gasteiger partial charge on any atom is -0.417 e. The van der Waals surface area contributed by atoms with E-state index in [1.807, 2.05) is 6.07 Å². The molecule has 0 spiro atoms. The molecule has 0 fully saturated rings. The summed E-state index contributed by atoms with van der Waals surface area (Å²) in [6, 6.07) is 10.4. The van der Waals surface area contributed by atoms with Crippen molar-refractivity contribution < 1.29 is 4.43 Å². The van der Waals surface area contributed by atoms with Crippen LogP contribution in [-0.4, -0.2) is 14.9 Å². The van der Waals surface area contributed by atoms with E-state index in [2.05, 4.69) is 70.3 Å². The predicted octanol–water partition coefficient (Wildman–Crippen LogP) is 5.50. The molecular weight excluding hydrogens is 248 g/mol. The number of rotatable bonds is 6. The van der Waals surface area contributed by atoms with Crippen LogP contribution in [0.2, 0.25) is 18.1 Å². The maximum absolute atomic E-state index is 6.15. The molecule has 0 unspecified atom stereocenters. The third-order valence-electron chi connectivity index (χ3n) is 3.89. The first kappa shape index (κ1) is 16.2. The second-order valence-corrected chi connectivity index (χ2v) is 11.4. The van der Waals surface area contributed by atoms with Gasteiger partial charge in [-0.1, -0.05) is 63.3 Å². The minimum absolute atomic E-state index is 0.312. The van der Waals surface area contributed by atoms with Crippen molar-refractivity contribution in [1.29, 1.82) is 0 Å². The smallest absolute Gasteiger partial charge is 0.191 e. The van der Waals surface area contributed by atoms with Crippen LogP contribution in [0.15, 0.2) is 36.4 Å². The molecule has 0 aromatic heterocycles. The van der Waals surface area contributed by atoms with Crippen molar-refractivity contribution in [2.45, 2.75) is 51.7 Å². The molecule has 0 radical (unpaired) electrons. The van der Waals surface area contributed by atoms with Gasteiger partial charge in [0.1, 0.15) is 0 Å². The SMILES string of the molecule is CC(C)(C)[Si](C)(C)OCCC/C=C/c1ccccc1. The van der Waals surface area contributed by atoms with Crippen molar-refractivity contribution in [2.24, 2.45) is 0 Å². The van der Waals surface area contributed by atoms with Gasteiger partial charge in [-0.3, -0.25) is 0 Å². The van der Waals surface area contributed by atoms with Crippen LogP contribution >= 0.6 is 0 Å². The van der Waals surface area contributed by atoms with Crippen molar-refractivity contribution in [3.8, 4) is 0 Å². The Morgan fingerprint density at radius 2 is 1.74 bits per heavy atom. The van der Waals surface area contributed by atoms with E-state index in [9.17, 15) is 0 Å². The van der Waals surface area contributed by atoms with E-state index < -0.39 is 8.32 Å². The summed E-state index contributed by atoms with van der Waals surface area (Å²) in [5, 5.41) is 0.312. The highest BCUT2D eigenvalue weighted by Crippen LogP contribution is 2.36. The fourth-order valence-corrected chi connectivity index (χ4v) is 2.62. The summed E-state index contributed by atoms with van der Waals surface area (Å²) in [6.45, 7) is 12.4. The summed E-state index contributed by atoms with van der Waals surface area (Å²) < 4.78 is 6.15. The zero-order chi connectivity index (χ0) is 14.4. The Balaban J connectivity index is 2.24. The Kier molecular flexibility index (Phi) is 6.02. The Labute approximate surface area is 119 Å². The van der Waals surface area contributed by atoms with Crippen LogP contribution in [0.25, 0.3) is 6.08 Å². The largest absolute Gasteiger partial charge is 0.417 e. The van der Waals surface area contributed by atoms with E-state index in [0.717, 1.165) is 19.4 Å². The summed E-state index contributed by atoms with van der Waals surface area (Å²) in [6.07, 6.45) is 6.62. The number of hydrogen-bond donors (Lipinski definition) is 0. The van der Waals surface area contributed by atoms with Crippen LogP contribution in [0.4, 0.5) is 0 Å². The minimum atomic E-state index is -1.55. The number of allylic oxidation sites excluding steroid dienone is 1. The van der Waals surface area contributed by atoms with Crippen LogP contribution in [0.1, 0.15) is 39.2 Å². The van der Waals surface area contributed by atoms with E-state index in [1.165, 1.54) is 5.56 Å². The molecule has 0 saturated carbocycles. The summed E-state index contributed by atoms with van der Waals surface area (Å²) in [5.74, 6) is 0. The average molecular weight is 276 g/mol. The fraction of sp³-hybridized carbons (Fsp3) is 0.529. The lowest BCUT2D eigenvalue weighted by Gasteiger charge is -2.36. The van der Waals surface area contributed by atoms with Gasteiger partial charge in [0.15, 0.2) is 8.32 Å². The van der Waals surface area contributed by atoms with Gasteiger partial charge in [-0.05, 0) is 36.5 Å². The molecule has 19 heavy (non-hydrogen) atoms. The Morgan fingerprint density at radius 3 is 2.32 bits per heavy atom. The molecule has 1 aromatic carbocycles. The van der Waals surface area contributed by atoms with Gasteiger partial charge in [-0.15, -0.1) is 0 Å². The van der Waals surface area contributed by atoms with Gasteiger partial charge < -0.3 is 4.43 Å². The first-order valence-electron chi connectivity index (χ1n) is 7.18. The number of hydrogen-bond acceptors (Lipinski definition) is 1. The molecule has 1 aromatic rings. The standard InChI is InChI=1S/C17H28OSi/c1-17(2,3)19(4,5)18-15-11-7-10-14-16-12-8-6-9-13-16/h6,8-10,12-14H,7,11,15H2,1-5H3/b14-10+. The first-order valence-corrected chi connectivity index (χ1v) is 10.1. The van der Waals surface area contributed by atoms with E-state index >= 15 is 0 Å². The predicted molar refractivity (Wildman–Crippen MR) is 87.9 cm³/mol. The molecule has 0 heterocycles. The monoisotopic (exact) mass is 276 g/mol.